The lowest BCUT2D eigenvalue weighted by molar-refractivity contribution is -0.0425. The topological polar surface area (TPSA) is 182 Å². The maximum Gasteiger partial charge on any atom is 0.280 e. The number of nitrogen functional groups attached to an aromatic ring is 1. The van der Waals surface area contributed by atoms with Gasteiger partial charge in [-0.2, -0.15) is 9.97 Å². The third-order valence-corrected chi connectivity index (χ3v) is 6.31. The molecule has 6 rings (SSSR count). The molecular weight excluding hydrogens is 466 g/mol. The van der Waals surface area contributed by atoms with Gasteiger partial charge in [-0.15, -0.1) is 0 Å². The van der Waals surface area contributed by atoms with Gasteiger partial charge >= 0.3 is 0 Å². The van der Waals surface area contributed by atoms with Gasteiger partial charge in [0.1, 0.15) is 12.3 Å². The van der Waals surface area contributed by atoms with Gasteiger partial charge in [0.25, 0.3) is 5.56 Å². The molecular formula is C23H23N9O4. The van der Waals surface area contributed by atoms with Crippen molar-refractivity contribution in [3.63, 3.8) is 0 Å². The van der Waals surface area contributed by atoms with Crippen LogP contribution in [0.3, 0.4) is 0 Å². The van der Waals surface area contributed by atoms with E-state index < -0.39 is 24.0 Å². The number of H-pyrrole nitrogens is 1. The van der Waals surface area contributed by atoms with E-state index in [1.54, 1.807) is 10.8 Å². The van der Waals surface area contributed by atoms with Gasteiger partial charge in [0, 0.05) is 25.2 Å². The highest BCUT2D eigenvalue weighted by molar-refractivity contribution is 5.82. The van der Waals surface area contributed by atoms with Crippen LogP contribution in [0.25, 0.3) is 33.5 Å². The van der Waals surface area contributed by atoms with Gasteiger partial charge in [0.2, 0.25) is 17.8 Å². The van der Waals surface area contributed by atoms with Crippen LogP contribution >= 0.6 is 0 Å². The lowest BCUT2D eigenvalue weighted by Gasteiger charge is -2.17. The van der Waals surface area contributed by atoms with E-state index in [1.165, 1.54) is 0 Å². The van der Waals surface area contributed by atoms with E-state index in [0.717, 1.165) is 16.6 Å². The first-order valence-corrected chi connectivity index (χ1v) is 11.3. The molecule has 5 aromatic rings. The molecule has 1 aliphatic rings. The molecule has 0 saturated carbocycles. The number of imidazole rings is 2. The van der Waals surface area contributed by atoms with Crippen LogP contribution in [-0.2, 0) is 11.8 Å². The predicted molar refractivity (Wildman–Crippen MR) is 131 cm³/mol. The normalized spacial score (nSPS) is 19.9. The summed E-state index contributed by atoms with van der Waals surface area (Å²) in [7, 11) is 1.84. The number of ether oxygens (including phenoxy) is 1. The van der Waals surface area contributed by atoms with Gasteiger partial charge < -0.3 is 25.3 Å². The van der Waals surface area contributed by atoms with E-state index in [1.807, 2.05) is 48.0 Å². The number of nitrogens with zero attached hydrogens (tertiary/aromatic N) is 6. The minimum absolute atomic E-state index is 0.0421. The molecule has 0 spiro atoms. The fraction of sp³-hybridized carbons (Fsp3) is 0.261. The summed E-state index contributed by atoms with van der Waals surface area (Å²) in [5.74, 6) is 0.546. The van der Waals surface area contributed by atoms with Gasteiger partial charge in [0.15, 0.2) is 16.8 Å². The van der Waals surface area contributed by atoms with Crippen LogP contribution in [0.4, 0.5) is 17.8 Å². The Hall–Kier alpha value is -4.33. The van der Waals surface area contributed by atoms with Crippen molar-refractivity contribution in [2.45, 2.75) is 24.9 Å². The Bertz CT molecular complexity index is 1640. The Balaban J connectivity index is 1.45. The number of fused-ring (bicyclic) bond motifs is 2. The standard InChI is InChI=1S/C23H23N9O4/c1-31-13-7-12(11-5-3-2-4-6-11)9-25-18(13)27-22(31)30-23-26-17-19(28-21(24)29-20(17)35)32(23)16-8-14(34)15(10-33)36-16/h2-7,9,14-16,33-34H,8,10H2,1H3,(H3,24,28,29,35)(H,25,26,27,30)/t14-,15+,16?/m0/s1. The summed E-state index contributed by atoms with van der Waals surface area (Å²) in [5, 5.41) is 23.0. The Morgan fingerprint density at radius 2 is 2.00 bits per heavy atom. The summed E-state index contributed by atoms with van der Waals surface area (Å²) in [6.45, 7) is -0.358. The first-order chi connectivity index (χ1) is 17.4. The summed E-state index contributed by atoms with van der Waals surface area (Å²) in [6, 6.07) is 11.9. The third kappa shape index (κ3) is 3.57. The number of aromatic amines is 1. The molecule has 0 aliphatic carbocycles. The van der Waals surface area contributed by atoms with E-state index in [2.05, 4.69) is 30.2 Å². The van der Waals surface area contributed by atoms with Crippen molar-refractivity contribution in [1.29, 1.82) is 0 Å². The highest BCUT2D eigenvalue weighted by Crippen LogP contribution is 2.34. The number of anilines is 3. The fourth-order valence-electron chi connectivity index (χ4n) is 4.47. The van der Waals surface area contributed by atoms with Crippen molar-refractivity contribution in [3.8, 4) is 11.1 Å². The lowest BCUT2D eigenvalue weighted by atomic mass is 10.1. The number of aromatic nitrogens is 7. The number of nitrogens with two attached hydrogens (primary N) is 1. The number of nitrogens with one attached hydrogen (secondary N) is 2. The number of benzene rings is 1. The second kappa shape index (κ2) is 8.41. The average molecular weight is 489 g/mol. The van der Waals surface area contributed by atoms with Crippen molar-refractivity contribution in [2.24, 2.45) is 7.05 Å². The predicted octanol–water partition coefficient (Wildman–Crippen LogP) is 1.03. The lowest BCUT2D eigenvalue weighted by Crippen LogP contribution is -2.24. The van der Waals surface area contributed by atoms with Crippen LogP contribution in [0, 0.1) is 0 Å². The smallest absolute Gasteiger partial charge is 0.280 e. The molecule has 0 radical (unpaired) electrons. The van der Waals surface area contributed by atoms with E-state index in [4.69, 9.17) is 10.5 Å². The first kappa shape index (κ1) is 22.2. The third-order valence-electron chi connectivity index (χ3n) is 6.31. The minimum atomic E-state index is -0.902. The molecule has 6 N–H and O–H groups in total. The average Bonchev–Trinajstić information content (AvgIpc) is 3.52. The van der Waals surface area contributed by atoms with E-state index >= 15 is 0 Å². The molecule has 184 valence electrons. The molecule has 5 heterocycles. The molecule has 1 saturated heterocycles. The number of aliphatic hydroxyl groups is 2. The molecule has 13 nitrogen and oxygen atoms in total. The summed E-state index contributed by atoms with van der Waals surface area (Å²) in [6.07, 6.45) is -0.518. The van der Waals surface area contributed by atoms with Crippen LogP contribution in [0.2, 0.25) is 0 Å². The second-order valence-corrected chi connectivity index (χ2v) is 8.60. The van der Waals surface area contributed by atoms with Gasteiger partial charge in [-0.3, -0.25) is 19.7 Å². The van der Waals surface area contributed by atoms with Gasteiger partial charge in [-0.25, -0.2) is 9.97 Å². The van der Waals surface area contributed by atoms with Crippen molar-refractivity contribution in [3.05, 3.63) is 52.9 Å². The molecule has 13 heteroatoms. The molecule has 0 amide bonds. The summed E-state index contributed by atoms with van der Waals surface area (Å²) < 4.78 is 9.21. The second-order valence-electron chi connectivity index (χ2n) is 8.60. The molecule has 0 bridgehead atoms. The summed E-state index contributed by atoms with van der Waals surface area (Å²) in [5.41, 5.74) is 8.78. The number of pyridine rings is 1. The largest absolute Gasteiger partial charge is 0.394 e. The molecule has 1 unspecified atom stereocenters. The first-order valence-electron chi connectivity index (χ1n) is 11.3. The van der Waals surface area contributed by atoms with E-state index in [9.17, 15) is 15.0 Å². The van der Waals surface area contributed by atoms with Crippen molar-refractivity contribution in [2.75, 3.05) is 17.7 Å². The summed E-state index contributed by atoms with van der Waals surface area (Å²) in [4.78, 5) is 32.8. The van der Waals surface area contributed by atoms with Crippen LogP contribution < -0.4 is 16.6 Å². The van der Waals surface area contributed by atoms with Crippen LogP contribution in [0.1, 0.15) is 12.6 Å². The van der Waals surface area contributed by atoms with Gasteiger partial charge in [-0.1, -0.05) is 30.3 Å². The Morgan fingerprint density at radius 1 is 1.19 bits per heavy atom. The fourth-order valence-corrected chi connectivity index (χ4v) is 4.47. The minimum Gasteiger partial charge on any atom is -0.394 e. The van der Waals surface area contributed by atoms with Crippen molar-refractivity contribution >= 4 is 40.2 Å². The molecule has 1 aromatic carbocycles. The SMILES string of the molecule is Cn1c(Nc2nc3c(=O)[nH]c(N)nc3n2C2C[C@H](O)[C@@H](CO)O2)nc2ncc(-c3ccccc3)cc21. The number of hydrogen-bond acceptors (Lipinski definition) is 10. The van der Waals surface area contributed by atoms with E-state index in [-0.39, 0.29) is 36.1 Å². The molecule has 3 atom stereocenters. The zero-order chi connectivity index (χ0) is 25.0. The number of aryl methyl sites for hydroxylation is 1. The van der Waals surface area contributed by atoms with Gasteiger partial charge in [-0.05, 0) is 11.6 Å². The quantitative estimate of drug-likeness (QED) is 0.239. The maximum atomic E-state index is 12.6. The number of hydrogen-bond donors (Lipinski definition) is 5. The Kier molecular flexibility index (Phi) is 5.17. The van der Waals surface area contributed by atoms with E-state index in [0.29, 0.717) is 11.6 Å². The number of aliphatic hydroxyl groups excluding tert-OH is 2. The van der Waals surface area contributed by atoms with Gasteiger partial charge in [0.05, 0.1) is 18.2 Å². The molecule has 36 heavy (non-hydrogen) atoms. The van der Waals surface area contributed by atoms with Crippen molar-refractivity contribution < 1.29 is 14.9 Å². The molecule has 1 fully saturated rings. The highest BCUT2D eigenvalue weighted by atomic mass is 16.5. The zero-order valence-electron chi connectivity index (χ0n) is 19.2. The molecule has 1 aliphatic heterocycles. The van der Waals surface area contributed by atoms with Crippen molar-refractivity contribution in [1.82, 2.24) is 34.1 Å². The van der Waals surface area contributed by atoms with Crippen LogP contribution in [0.15, 0.2) is 47.4 Å². The maximum absolute atomic E-state index is 12.6. The Morgan fingerprint density at radius 3 is 2.75 bits per heavy atom. The molecule has 4 aromatic heterocycles. The zero-order valence-corrected chi connectivity index (χ0v) is 19.2. The Labute approximate surface area is 203 Å². The monoisotopic (exact) mass is 489 g/mol. The van der Waals surface area contributed by atoms with Crippen LogP contribution in [-0.4, -0.2) is 63.1 Å². The number of rotatable bonds is 5. The van der Waals surface area contributed by atoms with Crippen LogP contribution in [0.5, 0.6) is 0 Å². The summed E-state index contributed by atoms with van der Waals surface area (Å²) >= 11 is 0. The highest BCUT2D eigenvalue weighted by Gasteiger charge is 2.37.